The lowest BCUT2D eigenvalue weighted by Gasteiger charge is -2.36. The number of rotatable bonds is 4. The molecule has 2 heterocycles. The van der Waals surface area contributed by atoms with Gasteiger partial charge in [0, 0.05) is 43.1 Å². The standard InChI is InChI=1S/C16H20ClN5.2ClH/c1-13-18-6-5-16(20-13)19-12-21-7-9-22(10-8-21)15-4-2-3-14(17)11-15;;/h2-6,11H,7-10,12H2,1H3,(H,18,19,20);2*1H. The second-order valence-electron chi connectivity index (χ2n) is 5.41. The van der Waals surface area contributed by atoms with E-state index in [0.717, 1.165) is 49.5 Å². The average molecular weight is 391 g/mol. The summed E-state index contributed by atoms with van der Waals surface area (Å²) < 4.78 is 0. The van der Waals surface area contributed by atoms with Gasteiger partial charge in [-0.1, -0.05) is 17.7 Å². The van der Waals surface area contributed by atoms with Crippen LogP contribution in [0.1, 0.15) is 5.82 Å². The summed E-state index contributed by atoms with van der Waals surface area (Å²) in [6.45, 7) is 6.75. The highest BCUT2D eigenvalue weighted by Crippen LogP contribution is 2.20. The van der Waals surface area contributed by atoms with Gasteiger partial charge in [0.05, 0.1) is 6.67 Å². The monoisotopic (exact) mass is 389 g/mol. The molecule has 0 amide bonds. The Bertz CT molecular complexity index is 633. The fourth-order valence-electron chi connectivity index (χ4n) is 2.58. The summed E-state index contributed by atoms with van der Waals surface area (Å²) in [5.74, 6) is 1.67. The molecule has 1 aliphatic heterocycles. The van der Waals surface area contributed by atoms with Crippen molar-refractivity contribution in [2.75, 3.05) is 43.1 Å². The number of halogens is 3. The molecule has 1 saturated heterocycles. The molecule has 5 nitrogen and oxygen atoms in total. The summed E-state index contributed by atoms with van der Waals surface area (Å²) in [6.07, 6.45) is 1.78. The van der Waals surface area contributed by atoms with Gasteiger partial charge in [-0.3, -0.25) is 4.90 Å². The van der Waals surface area contributed by atoms with Gasteiger partial charge < -0.3 is 10.2 Å². The molecule has 1 aromatic heterocycles. The molecule has 3 rings (SSSR count). The molecular weight excluding hydrogens is 369 g/mol. The molecule has 0 aliphatic carbocycles. The van der Waals surface area contributed by atoms with Crippen molar-refractivity contribution in [2.24, 2.45) is 0 Å². The van der Waals surface area contributed by atoms with Crippen molar-refractivity contribution in [3.05, 3.63) is 47.4 Å². The van der Waals surface area contributed by atoms with Crippen LogP contribution in [0.4, 0.5) is 11.5 Å². The van der Waals surface area contributed by atoms with Crippen LogP contribution < -0.4 is 10.2 Å². The Hall–Kier alpha value is -1.27. The number of benzene rings is 1. The topological polar surface area (TPSA) is 44.3 Å². The lowest BCUT2D eigenvalue weighted by molar-refractivity contribution is 0.275. The Morgan fingerprint density at radius 3 is 2.54 bits per heavy atom. The highest BCUT2D eigenvalue weighted by molar-refractivity contribution is 6.30. The summed E-state index contributed by atoms with van der Waals surface area (Å²) in [5, 5.41) is 4.15. The summed E-state index contributed by atoms with van der Waals surface area (Å²) >= 11 is 6.06. The van der Waals surface area contributed by atoms with Gasteiger partial charge in [0.25, 0.3) is 0 Å². The minimum Gasteiger partial charge on any atom is -0.369 e. The molecule has 24 heavy (non-hydrogen) atoms. The molecule has 2 aromatic rings. The van der Waals surface area contributed by atoms with Crippen molar-refractivity contribution in [3.8, 4) is 0 Å². The smallest absolute Gasteiger partial charge is 0.130 e. The van der Waals surface area contributed by atoms with Crippen molar-refractivity contribution in [2.45, 2.75) is 6.92 Å². The van der Waals surface area contributed by atoms with E-state index in [1.54, 1.807) is 6.20 Å². The minimum atomic E-state index is 0. The Labute approximate surface area is 160 Å². The number of nitrogens with one attached hydrogen (secondary N) is 1. The Kier molecular flexibility index (Phi) is 8.56. The molecular formula is C16H22Cl3N5. The summed E-state index contributed by atoms with van der Waals surface area (Å²) in [4.78, 5) is 13.2. The third-order valence-electron chi connectivity index (χ3n) is 3.81. The first-order chi connectivity index (χ1) is 10.7. The van der Waals surface area contributed by atoms with Gasteiger partial charge >= 0.3 is 0 Å². The predicted molar refractivity (Wildman–Crippen MR) is 105 cm³/mol. The zero-order valence-electron chi connectivity index (χ0n) is 13.5. The van der Waals surface area contributed by atoms with Crippen molar-refractivity contribution in [1.29, 1.82) is 0 Å². The van der Waals surface area contributed by atoms with Crippen LogP contribution in [-0.4, -0.2) is 47.7 Å². The van der Waals surface area contributed by atoms with Gasteiger partial charge in [-0.2, -0.15) is 0 Å². The van der Waals surface area contributed by atoms with Crippen LogP contribution in [0.15, 0.2) is 36.5 Å². The van der Waals surface area contributed by atoms with Crippen LogP contribution in [0.5, 0.6) is 0 Å². The van der Waals surface area contributed by atoms with E-state index >= 15 is 0 Å². The number of hydrogen-bond acceptors (Lipinski definition) is 5. The van der Waals surface area contributed by atoms with Crippen molar-refractivity contribution >= 4 is 47.9 Å². The maximum absolute atomic E-state index is 6.06. The first-order valence-corrected chi connectivity index (χ1v) is 7.85. The van der Waals surface area contributed by atoms with Gasteiger partial charge in [0.1, 0.15) is 11.6 Å². The summed E-state index contributed by atoms with van der Waals surface area (Å²) in [6, 6.07) is 9.95. The van der Waals surface area contributed by atoms with E-state index in [2.05, 4.69) is 31.2 Å². The van der Waals surface area contributed by atoms with Crippen LogP contribution in [0, 0.1) is 6.92 Å². The number of anilines is 2. The molecule has 132 valence electrons. The molecule has 0 spiro atoms. The van der Waals surface area contributed by atoms with Crippen LogP contribution in [0.25, 0.3) is 0 Å². The first-order valence-electron chi connectivity index (χ1n) is 7.47. The third kappa shape index (κ3) is 5.67. The van der Waals surface area contributed by atoms with Gasteiger partial charge in [0.15, 0.2) is 0 Å². The number of hydrogen-bond donors (Lipinski definition) is 1. The van der Waals surface area contributed by atoms with Gasteiger partial charge in [-0.25, -0.2) is 9.97 Å². The van der Waals surface area contributed by atoms with E-state index in [9.17, 15) is 0 Å². The number of aryl methyl sites for hydroxylation is 1. The van der Waals surface area contributed by atoms with E-state index in [1.165, 1.54) is 5.69 Å². The molecule has 0 atom stereocenters. The molecule has 1 aromatic carbocycles. The second kappa shape index (κ2) is 9.89. The minimum absolute atomic E-state index is 0. The van der Waals surface area contributed by atoms with Gasteiger partial charge in [0.2, 0.25) is 0 Å². The van der Waals surface area contributed by atoms with Crippen molar-refractivity contribution in [3.63, 3.8) is 0 Å². The van der Waals surface area contributed by atoms with Crippen LogP contribution in [0.2, 0.25) is 5.02 Å². The highest BCUT2D eigenvalue weighted by Gasteiger charge is 2.17. The number of piperazine rings is 1. The van der Waals surface area contributed by atoms with Crippen LogP contribution in [-0.2, 0) is 0 Å². The molecule has 0 saturated carbocycles. The quantitative estimate of drug-likeness (QED) is 0.866. The lowest BCUT2D eigenvalue weighted by Crippen LogP contribution is -2.48. The number of aromatic nitrogens is 2. The molecule has 1 aliphatic rings. The largest absolute Gasteiger partial charge is 0.369 e. The second-order valence-corrected chi connectivity index (χ2v) is 5.85. The van der Waals surface area contributed by atoms with Gasteiger partial charge in [-0.15, -0.1) is 24.8 Å². The van der Waals surface area contributed by atoms with Crippen molar-refractivity contribution < 1.29 is 0 Å². The lowest BCUT2D eigenvalue weighted by atomic mass is 10.2. The first kappa shape index (κ1) is 20.8. The average Bonchev–Trinajstić information content (AvgIpc) is 2.54. The molecule has 1 N–H and O–H groups in total. The van der Waals surface area contributed by atoms with E-state index in [0.29, 0.717) is 0 Å². The zero-order chi connectivity index (χ0) is 15.4. The Balaban J connectivity index is 0.00000144. The fourth-order valence-corrected chi connectivity index (χ4v) is 2.77. The highest BCUT2D eigenvalue weighted by atomic mass is 35.5. The Morgan fingerprint density at radius 1 is 1.12 bits per heavy atom. The normalized spacial score (nSPS) is 14.5. The number of nitrogens with zero attached hydrogens (tertiary/aromatic N) is 4. The Morgan fingerprint density at radius 2 is 1.88 bits per heavy atom. The van der Waals surface area contributed by atoms with E-state index in [-0.39, 0.29) is 24.8 Å². The SMILES string of the molecule is Cc1nccc(NCN2CCN(c3cccc(Cl)c3)CC2)n1.Cl.Cl. The zero-order valence-corrected chi connectivity index (χ0v) is 15.9. The van der Waals surface area contributed by atoms with Gasteiger partial charge in [-0.05, 0) is 31.2 Å². The molecule has 0 radical (unpaired) electrons. The molecule has 0 unspecified atom stereocenters. The van der Waals surface area contributed by atoms with E-state index < -0.39 is 0 Å². The van der Waals surface area contributed by atoms with E-state index in [4.69, 9.17) is 11.6 Å². The summed E-state index contributed by atoms with van der Waals surface area (Å²) in [5.41, 5.74) is 1.20. The maximum atomic E-state index is 6.06. The predicted octanol–water partition coefficient (Wildman–Crippen LogP) is 3.47. The van der Waals surface area contributed by atoms with E-state index in [1.807, 2.05) is 31.2 Å². The molecule has 1 fully saturated rings. The third-order valence-corrected chi connectivity index (χ3v) is 4.04. The maximum Gasteiger partial charge on any atom is 0.130 e. The molecule has 0 bridgehead atoms. The van der Waals surface area contributed by atoms with Crippen molar-refractivity contribution in [1.82, 2.24) is 14.9 Å². The van der Waals surface area contributed by atoms with Crippen LogP contribution >= 0.6 is 36.4 Å². The fraction of sp³-hybridized carbons (Fsp3) is 0.375. The summed E-state index contributed by atoms with van der Waals surface area (Å²) in [7, 11) is 0. The molecule has 8 heteroatoms. The van der Waals surface area contributed by atoms with Crippen LogP contribution in [0.3, 0.4) is 0 Å².